The minimum Gasteiger partial charge on any atom is -0.406 e. The average Bonchev–Trinajstić information content (AvgIpc) is 2.78. The van der Waals surface area contributed by atoms with Gasteiger partial charge < -0.3 is 20.5 Å². The molecule has 0 aliphatic carbocycles. The lowest BCUT2D eigenvalue weighted by Crippen LogP contribution is -2.43. The van der Waals surface area contributed by atoms with E-state index in [0.717, 1.165) is 35.4 Å². The van der Waals surface area contributed by atoms with Crippen molar-refractivity contribution in [2.75, 3.05) is 11.9 Å². The van der Waals surface area contributed by atoms with E-state index in [1.807, 2.05) is 42.5 Å². The molecule has 1 atom stereocenters. The number of benzene rings is 3. The van der Waals surface area contributed by atoms with E-state index in [1.54, 1.807) is 12.1 Å². The number of halogens is 3. The van der Waals surface area contributed by atoms with Gasteiger partial charge in [-0.3, -0.25) is 9.59 Å². The van der Waals surface area contributed by atoms with Crippen molar-refractivity contribution in [2.45, 2.75) is 18.9 Å². The van der Waals surface area contributed by atoms with Crippen LogP contribution in [0.3, 0.4) is 0 Å². The fourth-order valence-electron chi connectivity index (χ4n) is 3.01. The quantitative estimate of drug-likeness (QED) is 0.483. The number of carbonyl (C=O) groups excluding carboxylic acids is 2. The monoisotopic (exact) mass is 458 g/mol. The summed E-state index contributed by atoms with van der Waals surface area (Å²) in [5.41, 5.74) is 1.19. The van der Waals surface area contributed by atoms with E-state index in [1.165, 1.54) is 6.92 Å². The van der Waals surface area contributed by atoms with E-state index in [4.69, 9.17) is 0 Å². The zero-order valence-electron chi connectivity index (χ0n) is 17.5. The number of carbonyl (C=O) groups is 2. The number of rotatable bonds is 6. The van der Waals surface area contributed by atoms with Crippen molar-refractivity contribution in [2.24, 2.45) is 0 Å². The zero-order chi connectivity index (χ0) is 24.1. The van der Waals surface area contributed by atoms with Crippen molar-refractivity contribution in [1.29, 1.82) is 0 Å². The second kappa shape index (κ2) is 9.74. The molecule has 172 valence electrons. The Hall–Kier alpha value is -3.85. The molecule has 0 spiro atoms. The van der Waals surface area contributed by atoms with Gasteiger partial charge in [0.15, 0.2) is 0 Å². The van der Waals surface area contributed by atoms with Crippen molar-refractivity contribution in [1.82, 2.24) is 5.32 Å². The van der Waals surface area contributed by atoms with Crippen molar-refractivity contribution < 1.29 is 32.6 Å². The standard InChI is InChI=1S/C24H21F3N2O4/c1-23(32,18-9-7-17(8-10-18)16-5-3-2-4-6-16)15-28-21(30)22(31)29-19-11-13-20(14-12-19)33-24(25,26)27/h2-14,32H,15H2,1H3,(H,28,30)(H,29,31). The minimum atomic E-state index is -4.83. The highest BCUT2D eigenvalue weighted by molar-refractivity contribution is 6.39. The molecule has 0 fully saturated rings. The molecule has 0 aliphatic rings. The third-order valence-corrected chi connectivity index (χ3v) is 4.76. The van der Waals surface area contributed by atoms with Crippen LogP contribution in [0.5, 0.6) is 5.75 Å². The van der Waals surface area contributed by atoms with Gasteiger partial charge in [0.2, 0.25) is 0 Å². The first-order valence-corrected chi connectivity index (χ1v) is 9.87. The van der Waals surface area contributed by atoms with Crippen LogP contribution in [0.25, 0.3) is 11.1 Å². The first kappa shape index (κ1) is 23.8. The van der Waals surface area contributed by atoms with E-state index >= 15 is 0 Å². The summed E-state index contributed by atoms with van der Waals surface area (Å²) in [4.78, 5) is 24.2. The summed E-state index contributed by atoms with van der Waals surface area (Å²) in [6, 6.07) is 21.2. The highest BCUT2D eigenvalue weighted by Crippen LogP contribution is 2.25. The number of anilines is 1. The van der Waals surface area contributed by atoms with Gasteiger partial charge in [0.05, 0.1) is 6.54 Å². The minimum absolute atomic E-state index is 0.105. The fraction of sp³-hybridized carbons (Fsp3) is 0.167. The van der Waals surface area contributed by atoms with Crippen LogP contribution in [-0.4, -0.2) is 29.8 Å². The maximum atomic E-state index is 12.2. The first-order chi connectivity index (χ1) is 15.5. The lowest BCUT2D eigenvalue weighted by Gasteiger charge is -2.24. The van der Waals surface area contributed by atoms with Gasteiger partial charge in [0.25, 0.3) is 0 Å². The Morgan fingerprint density at radius 2 is 1.42 bits per heavy atom. The third kappa shape index (κ3) is 6.81. The summed E-state index contributed by atoms with van der Waals surface area (Å²) in [6.07, 6.45) is -4.83. The van der Waals surface area contributed by atoms with Crippen molar-refractivity contribution in [3.8, 4) is 16.9 Å². The van der Waals surface area contributed by atoms with Gasteiger partial charge in [0, 0.05) is 5.69 Å². The number of hydrogen-bond donors (Lipinski definition) is 3. The molecule has 3 aromatic rings. The van der Waals surface area contributed by atoms with E-state index in [2.05, 4.69) is 15.4 Å². The lowest BCUT2D eigenvalue weighted by molar-refractivity contribution is -0.274. The molecule has 3 rings (SSSR count). The first-order valence-electron chi connectivity index (χ1n) is 9.87. The molecule has 1 unspecified atom stereocenters. The summed E-state index contributed by atoms with van der Waals surface area (Å²) < 4.78 is 40.3. The van der Waals surface area contributed by atoms with Crippen LogP contribution < -0.4 is 15.4 Å². The Morgan fingerprint density at radius 3 is 2.00 bits per heavy atom. The Morgan fingerprint density at radius 1 is 0.848 bits per heavy atom. The summed E-state index contributed by atoms with van der Waals surface area (Å²) in [6.45, 7) is 1.27. The maximum Gasteiger partial charge on any atom is 0.573 e. The largest absolute Gasteiger partial charge is 0.573 e. The number of amides is 2. The van der Waals surface area contributed by atoms with Gasteiger partial charge in [-0.05, 0) is 47.9 Å². The zero-order valence-corrected chi connectivity index (χ0v) is 17.5. The molecular weight excluding hydrogens is 437 g/mol. The van der Waals surface area contributed by atoms with Crippen LogP contribution in [0.2, 0.25) is 0 Å². The Kier molecular flexibility index (Phi) is 7.03. The second-order valence-corrected chi connectivity index (χ2v) is 7.43. The Labute approximate surface area is 188 Å². The number of nitrogens with one attached hydrogen (secondary N) is 2. The molecule has 0 radical (unpaired) electrons. The van der Waals surface area contributed by atoms with E-state index in [0.29, 0.717) is 5.56 Å². The molecule has 33 heavy (non-hydrogen) atoms. The van der Waals surface area contributed by atoms with Gasteiger partial charge >= 0.3 is 18.2 Å². The summed E-state index contributed by atoms with van der Waals surface area (Å²) in [7, 11) is 0. The summed E-state index contributed by atoms with van der Waals surface area (Å²) >= 11 is 0. The van der Waals surface area contributed by atoms with Crippen LogP contribution >= 0.6 is 0 Å². The number of aliphatic hydroxyl groups is 1. The predicted octanol–water partition coefficient (Wildman–Crippen LogP) is 4.21. The molecular formula is C24H21F3N2O4. The van der Waals surface area contributed by atoms with E-state index < -0.39 is 29.5 Å². The van der Waals surface area contributed by atoms with Crippen molar-refractivity contribution in [3.63, 3.8) is 0 Å². The summed E-state index contributed by atoms with van der Waals surface area (Å²) in [5.74, 6) is -2.50. The summed E-state index contributed by atoms with van der Waals surface area (Å²) in [5, 5.41) is 15.4. The molecule has 9 heteroatoms. The van der Waals surface area contributed by atoms with Gasteiger partial charge in [-0.25, -0.2) is 0 Å². The van der Waals surface area contributed by atoms with Crippen molar-refractivity contribution in [3.05, 3.63) is 84.4 Å². The third-order valence-electron chi connectivity index (χ3n) is 4.76. The van der Waals surface area contributed by atoms with Gasteiger partial charge in [-0.2, -0.15) is 0 Å². The molecule has 3 N–H and O–H groups in total. The maximum absolute atomic E-state index is 12.2. The second-order valence-electron chi connectivity index (χ2n) is 7.43. The van der Waals surface area contributed by atoms with Crippen LogP contribution in [-0.2, 0) is 15.2 Å². The van der Waals surface area contributed by atoms with Gasteiger partial charge in [-0.15, -0.1) is 13.2 Å². The van der Waals surface area contributed by atoms with E-state index in [9.17, 15) is 27.9 Å². The van der Waals surface area contributed by atoms with Crippen LogP contribution in [0, 0.1) is 0 Å². The predicted molar refractivity (Wildman–Crippen MR) is 116 cm³/mol. The van der Waals surface area contributed by atoms with Crippen LogP contribution in [0.4, 0.5) is 18.9 Å². The molecule has 2 amide bonds. The topological polar surface area (TPSA) is 87.7 Å². The Balaban J connectivity index is 1.55. The number of alkyl halides is 3. The smallest absolute Gasteiger partial charge is 0.406 e. The fourth-order valence-corrected chi connectivity index (χ4v) is 3.01. The van der Waals surface area contributed by atoms with Gasteiger partial charge in [-0.1, -0.05) is 54.6 Å². The van der Waals surface area contributed by atoms with Gasteiger partial charge in [0.1, 0.15) is 11.4 Å². The molecule has 0 aromatic heterocycles. The highest BCUT2D eigenvalue weighted by atomic mass is 19.4. The highest BCUT2D eigenvalue weighted by Gasteiger charge is 2.31. The van der Waals surface area contributed by atoms with Crippen LogP contribution in [0.1, 0.15) is 12.5 Å². The number of hydrogen-bond acceptors (Lipinski definition) is 4. The molecule has 0 heterocycles. The normalized spacial score (nSPS) is 13.0. The molecule has 6 nitrogen and oxygen atoms in total. The Bertz CT molecular complexity index is 1100. The van der Waals surface area contributed by atoms with Crippen molar-refractivity contribution >= 4 is 17.5 Å². The molecule has 0 saturated carbocycles. The number of ether oxygens (including phenoxy) is 1. The molecule has 0 saturated heterocycles. The SMILES string of the molecule is CC(O)(CNC(=O)C(=O)Nc1ccc(OC(F)(F)F)cc1)c1ccc(-c2ccccc2)cc1. The molecule has 0 bridgehead atoms. The van der Waals surface area contributed by atoms with Crippen LogP contribution in [0.15, 0.2) is 78.9 Å². The van der Waals surface area contributed by atoms with E-state index in [-0.39, 0.29) is 12.2 Å². The molecule has 3 aromatic carbocycles. The lowest BCUT2D eigenvalue weighted by atomic mass is 9.93. The average molecular weight is 458 g/mol. The molecule has 0 aliphatic heterocycles.